The number of H-pyrrole nitrogens is 1. The zero-order chi connectivity index (χ0) is 25.3. The van der Waals surface area contributed by atoms with Gasteiger partial charge in [0.15, 0.2) is 0 Å². The standard InChI is InChI=1S/C27H31F2N3O3/c1-27(2,3)35-26(34)31(4)20-13-14-32(16-20)24(33)12-10-21-22-15-19(29)9-11-23(22)30-25(21)17-5-7-18(28)8-6-17/h5-9,11,15,20,30H,10,12-14,16H2,1-4H3. The number of benzene rings is 2. The first kappa shape index (κ1) is 24.7. The molecule has 186 valence electrons. The van der Waals surface area contributed by atoms with Gasteiger partial charge in [0.2, 0.25) is 5.91 Å². The summed E-state index contributed by atoms with van der Waals surface area (Å²) in [7, 11) is 1.70. The summed E-state index contributed by atoms with van der Waals surface area (Å²) in [6, 6.07) is 10.5. The number of carbonyl (C=O) groups is 2. The highest BCUT2D eigenvalue weighted by Gasteiger charge is 2.33. The minimum atomic E-state index is -0.583. The number of aromatic amines is 1. The molecule has 1 aliphatic heterocycles. The first-order valence-corrected chi connectivity index (χ1v) is 11.8. The van der Waals surface area contributed by atoms with E-state index in [1.807, 2.05) is 20.8 Å². The van der Waals surface area contributed by atoms with Gasteiger partial charge < -0.3 is 19.5 Å². The molecule has 0 saturated carbocycles. The lowest BCUT2D eigenvalue weighted by Crippen LogP contribution is -2.42. The number of nitrogens with zero attached hydrogens (tertiary/aromatic N) is 2. The number of nitrogens with one attached hydrogen (secondary N) is 1. The minimum absolute atomic E-state index is 0.0269. The van der Waals surface area contributed by atoms with Crippen molar-refractivity contribution < 1.29 is 23.1 Å². The molecule has 1 saturated heterocycles. The first-order chi connectivity index (χ1) is 16.5. The number of amides is 2. The van der Waals surface area contributed by atoms with Crippen LogP contribution in [0.15, 0.2) is 42.5 Å². The summed E-state index contributed by atoms with van der Waals surface area (Å²) >= 11 is 0. The van der Waals surface area contributed by atoms with Crippen LogP contribution in [0.25, 0.3) is 22.2 Å². The van der Waals surface area contributed by atoms with Gasteiger partial charge in [-0.25, -0.2) is 13.6 Å². The Morgan fingerprint density at radius 3 is 2.49 bits per heavy atom. The summed E-state index contributed by atoms with van der Waals surface area (Å²) in [4.78, 5) is 32.1. The highest BCUT2D eigenvalue weighted by atomic mass is 19.1. The van der Waals surface area contributed by atoms with Crippen molar-refractivity contribution in [3.63, 3.8) is 0 Å². The molecule has 1 aliphatic rings. The summed E-state index contributed by atoms with van der Waals surface area (Å²) in [6.07, 6.45) is 0.917. The number of likely N-dealkylation sites (tertiary alicyclic amines) is 1. The van der Waals surface area contributed by atoms with E-state index in [0.717, 1.165) is 22.3 Å². The molecule has 8 heteroatoms. The maximum absolute atomic E-state index is 14.0. The molecule has 35 heavy (non-hydrogen) atoms. The van der Waals surface area contributed by atoms with Crippen molar-refractivity contribution in [3.8, 4) is 11.3 Å². The lowest BCUT2D eigenvalue weighted by molar-refractivity contribution is -0.130. The fourth-order valence-electron chi connectivity index (χ4n) is 4.50. The fourth-order valence-corrected chi connectivity index (χ4v) is 4.50. The van der Waals surface area contributed by atoms with Crippen LogP contribution in [0.1, 0.15) is 39.2 Å². The quantitative estimate of drug-likeness (QED) is 0.520. The molecule has 1 unspecified atom stereocenters. The number of hydrogen-bond donors (Lipinski definition) is 1. The maximum Gasteiger partial charge on any atom is 0.410 e. The van der Waals surface area contributed by atoms with Gasteiger partial charge in [0.05, 0.1) is 6.04 Å². The topological polar surface area (TPSA) is 65.6 Å². The number of likely N-dealkylation sites (N-methyl/N-ethyl adjacent to an activating group) is 1. The van der Waals surface area contributed by atoms with Crippen molar-refractivity contribution in [2.24, 2.45) is 0 Å². The fraction of sp³-hybridized carbons (Fsp3) is 0.407. The molecule has 1 fully saturated rings. The molecule has 3 aromatic rings. The van der Waals surface area contributed by atoms with E-state index < -0.39 is 11.7 Å². The molecule has 1 atom stereocenters. The van der Waals surface area contributed by atoms with Crippen LogP contribution in [0.4, 0.5) is 13.6 Å². The number of halogens is 2. The van der Waals surface area contributed by atoms with Crippen LogP contribution in [-0.4, -0.2) is 58.6 Å². The van der Waals surface area contributed by atoms with Gasteiger partial charge in [-0.15, -0.1) is 0 Å². The Hall–Kier alpha value is -3.42. The Balaban J connectivity index is 1.47. The van der Waals surface area contributed by atoms with Crippen molar-refractivity contribution in [1.82, 2.24) is 14.8 Å². The largest absolute Gasteiger partial charge is 0.444 e. The Kier molecular flexibility index (Phi) is 6.83. The molecular weight excluding hydrogens is 452 g/mol. The summed E-state index contributed by atoms with van der Waals surface area (Å²) in [5.74, 6) is -0.726. The monoisotopic (exact) mass is 483 g/mol. The summed E-state index contributed by atoms with van der Waals surface area (Å²) in [5, 5.41) is 0.709. The van der Waals surface area contributed by atoms with Gasteiger partial charge in [-0.2, -0.15) is 0 Å². The van der Waals surface area contributed by atoms with E-state index in [9.17, 15) is 18.4 Å². The predicted octanol–water partition coefficient (Wildman–Crippen LogP) is 5.51. The number of carbonyl (C=O) groups excluding carboxylic acids is 2. The number of aromatic nitrogens is 1. The lowest BCUT2D eigenvalue weighted by Gasteiger charge is -2.28. The summed E-state index contributed by atoms with van der Waals surface area (Å²) < 4.78 is 32.9. The third-order valence-electron chi connectivity index (χ3n) is 6.34. The number of ether oxygens (including phenoxy) is 1. The average molecular weight is 484 g/mol. The average Bonchev–Trinajstić information content (AvgIpc) is 3.41. The third-order valence-corrected chi connectivity index (χ3v) is 6.34. The third kappa shape index (κ3) is 5.63. The molecule has 4 rings (SSSR count). The van der Waals surface area contributed by atoms with Crippen molar-refractivity contribution in [2.45, 2.75) is 51.7 Å². The highest BCUT2D eigenvalue weighted by Crippen LogP contribution is 2.32. The van der Waals surface area contributed by atoms with E-state index in [-0.39, 0.29) is 30.0 Å². The van der Waals surface area contributed by atoms with Gasteiger partial charge in [-0.3, -0.25) is 4.79 Å². The summed E-state index contributed by atoms with van der Waals surface area (Å²) in [6.45, 7) is 6.46. The van der Waals surface area contributed by atoms with Gasteiger partial charge in [0, 0.05) is 43.2 Å². The van der Waals surface area contributed by atoms with Crippen LogP contribution >= 0.6 is 0 Å². The Labute approximate surface area is 203 Å². The maximum atomic E-state index is 14.0. The second kappa shape index (κ2) is 9.68. The van der Waals surface area contributed by atoms with Crippen LogP contribution in [0, 0.1) is 11.6 Å². The van der Waals surface area contributed by atoms with Crippen LogP contribution in [0.2, 0.25) is 0 Å². The molecule has 0 radical (unpaired) electrons. The second-order valence-corrected chi connectivity index (χ2v) is 10.0. The van der Waals surface area contributed by atoms with Crippen molar-refractivity contribution in [2.75, 3.05) is 20.1 Å². The van der Waals surface area contributed by atoms with Gasteiger partial charge in [-0.1, -0.05) is 0 Å². The van der Waals surface area contributed by atoms with E-state index in [4.69, 9.17) is 4.74 Å². The molecule has 0 aliphatic carbocycles. The molecular formula is C27H31F2N3O3. The lowest BCUT2D eigenvalue weighted by atomic mass is 10.0. The normalized spacial score (nSPS) is 16.1. The zero-order valence-electron chi connectivity index (χ0n) is 20.5. The van der Waals surface area contributed by atoms with Crippen molar-refractivity contribution >= 4 is 22.9 Å². The Bertz CT molecular complexity index is 1230. The van der Waals surface area contributed by atoms with E-state index in [1.165, 1.54) is 24.3 Å². The molecule has 1 N–H and O–H groups in total. The molecule has 0 bridgehead atoms. The van der Waals surface area contributed by atoms with Crippen molar-refractivity contribution in [3.05, 3.63) is 59.7 Å². The molecule has 2 amide bonds. The molecule has 2 aromatic carbocycles. The Morgan fingerprint density at radius 1 is 1.11 bits per heavy atom. The number of fused-ring (bicyclic) bond motifs is 1. The number of hydrogen-bond acceptors (Lipinski definition) is 3. The first-order valence-electron chi connectivity index (χ1n) is 11.8. The zero-order valence-corrected chi connectivity index (χ0v) is 20.5. The van der Waals surface area contributed by atoms with Crippen LogP contribution < -0.4 is 0 Å². The van der Waals surface area contributed by atoms with E-state index in [0.29, 0.717) is 31.3 Å². The molecule has 1 aromatic heterocycles. The predicted molar refractivity (Wildman–Crippen MR) is 131 cm³/mol. The summed E-state index contributed by atoms with van der Waals surface area (Å²) in [5.41, 5.74) is 2.52. The van der Waals surface area contributed by atoms with Crippen LogP contribution in [-0.2, 0) is 16.0 Å². The van der Waals surface area contributed by atoms with Crippen molar-refractivity contribution in [1.29, 1.82) is 0 Å². The van der Waals surface area contributed by atoms with Crippen LogP contribution in [0.3, 0.4) is 0 Å². The minimum Gasteiger partial charge on any atom is -0.444 e. The molecule has 2 heterocycles. The van der Waals surface area contributed by atoms with E-state index in [2.05, 4.69) is 4.98 Å². The van der Waals surface area contributed by atoms with Gasteiger partial charge in [0.25, 0.3) is 0 Å². The molecule has 0 spiro atoms. The van der Waals surface area contributed by atoms with Gasteiger partial charge in [0.1, 0.15) is 17.2 Å². The number of aryl methyl sites for hydroxylation is 1. The Morgan fingerprint density at radius 2 is 1.80 bits per heavy atom. The smallest absolute Gasteiger partial charge is 0.410 e. The van der Waals surface area contributed by atoms with Crippen LogP contribution in [0.5, 0.6) is 0 Å². The van der Waals surface area contributed by atoms with E-state index in [1.54, 1.807) is 35.0 Å². The molecule has 6 nitrogen and oxygen atoms in total. The van der Waals surface area contributed by atoms with Gasteiger partial charge >= 0.3 is 6.09 Å². The van der Waals surface area contributed by atoms with E-state index >= 15 is 0 Å². The highest BCUT2D eigenvalue weighted by molar-refractivity contribution is 5.91. The second-order valence-electron chi connectivity index (χ2n) is 10.0. The SMILES string of the molecule is CN(C(=O)OC(C)(C)C)C1CCN(C(=O)CCc2c(-c3ccc(F)cc3)[nH]c3ccc(F)cc23)C1. The van der Waals surface area contributed by atoms with Gasteiger partial charge in [-0.05, 0) is 87.2 Å². The number of rotatable bonds is 5.